The highest BCUT2D eigenvalue weighted by atomic mass is 16.6. The van der Waals surface area contributed by atoms with Gasteiger partial charge in [0.25, 0.3) is 11.6 Å². The van der Waals surface area contributed by atoms with Crippen LogP contribution in [0.25, 0.3) is 0 Å². The average Bonchev–Trinajstić information content (AvgIpc) is 2.36. The van der Waals surface area contributed by atoms with Crippen LogP contribution in [-0.4, -0.2) is 46.4 Å². The van der Waals surface area contributed by atoms with E-state index in [0.717, 1.165) is 23.1 Å². The number of rotatable bonds is 5. The second-order valence-electron chi connectivity index (χ2n) is 4.84. The fourth-order valence-electron chi connectivity index (χ4n) is 1.71. The Bertz CT molecular complexity index is 571. The number of carbonyl (C=O) groups excluding carboxylic acids is 2. The standard InChI is InChI=1S/C13H17N3O5/c1-8(2)14-12(18)7-15(3)13(19)10-6-9(17)4-5-11(10)16(20)21/h4-6,8,17H,7H2,1-3H3,(H,14,18). The molecule has 114 valence electrons. The van der Waals surface area contributed by atoms with Gasteiger partial charge in [0.2, 0.25) is 5.91 Å². The lowest BCUT2D eigenvalue weighted by Gasteiger charge is -2.18. The third-order valence-electron chi connectivity index (χ3n) is 2.58. The Labute approximate surface area is 121 Å². The van der Waals surface area contributed by atoms with E-state index in [4.69, 9.17) is 0 Å². The van der Waals surface area contributed by atoms with Crippen molar-refractivity contribution in [2.75, 3.05) is 13.6 Å². The van der Waals surface area contributed by atoms with Crippen molar-refractivity contribution in [1.82, 2.24) is 10.2 Å². The summed E-state index contributed by atoms with van der Waals surface area (Å²) in [6, 6.07) is 3.11. The molecule has 1 rings (SSSR count). The minimum atomic E-state index is -0.714. The first-order valence-electron chi connectivity index (χ1n) is 6.24. The number of likely N-dealkylation sites (N-methyl/N-ethyl adjacent to an activating group) is 1. The molecule has 0 unspecified atom stereocenters. The number of nitrogens with zero attached hydrogens (tertiary/aromatic N) is 2. The van der Waals surface area contributed by atoms with Gasteiger partial charge in [-0.2, -0.15) is 0 Å². The summed E-state index contributed by atoms with van der Waals surface area (Å²) in [4.78, 5) is 35.0. The van der Waals surface area contributed by atoms with Gasteiger partial charge < -0.3 is 15.3 Å². The first kappa shape index (κ1) is 16.4. The number of carbonyl (C=O) groups is 2. The molecule has 0 aliphatic carbocycles. The molecule has 0 saturated carbocycles. The normalized spacial score (nSPS) is 10.3. The molecule has 0 aliphatic rings. The molecule has 1 aromatic carbocycles. The predicted molar refractivity (Wildman–Crippen MR) is 75.0 cm³/mol. The minimum absolute atomic E-state index is 0.0730. The summed E-state index contributed by atoms with van der Waals surface area (Å²) < 4.78 is 0. The Balaban J connectivity index is 2.95. The van der Waals surface area contributed by atoms with E-state index in [2.05, 4.69) is 5.32 Å². The molecule has 0 heterocycles. The van der Waals surface area contributed by atoms with Gasteiger partial charge in [0.15, 0.2) is 0 Å². The van der Waals surface area contributed by atoms with Crippen molar-refractivity contribution in [1.29, 1.82) is 0 Å². The Morgan fingerprint density at radius 2 is 2.05 bits per heavy atom. The van der Waals surface area contributed by atoms with Crippen molar-refractivity contribution < 1.29 is 19.6 Å². The smallest absolute Gasteiger partial charge is 0.282 e. The molecule has 21 heavy (non-hydrogen) atoms. The molecule has 0 radical (unpaired) electrons. The third-order valence-corrected chi connectivity index (χ3v) is 2.58. The highest BCUT2D eigenvalue weighted by Crippen LogP contribution is 2.24. The molecule has 0 spiro atoms. The lowest BCUT2D eigenvalue weighted by Crippen LogP contribution is -2.41. The molecular formula is C13H17N3O5. The monoisotopic (exact) mass is 295 g/mol. The van der Waals surface area contributed by atoms with Gasteiger partial charge in [-0.1, -0.05) is 0 Å². The van der Waals surface area contributed by atoms with E-state index in [1.54, 1.807) is 13.8 Å². The van der Waals surface area contributed by atoms with Crippen LogP contribution in [0.5, 0.6) is 5.75 Å². The van der Waals surface area contributed by atoms with Crippen LogP contribution in [0.15, 0.2) is 18.2 Å². The summed E-state index contributed by atoms with van der Waals surface area (Å²) >= 11 is 0. The summed E-state index contributed by atoms with van der Waals surface area (Å²) in [6.45, 7) is 3.32. The molecule has 1 aromatic rings. The zero-order valence-corrected chi connectivity index (χ0v) is 12.0. The van der Waals surface area contributed by atoms with Crippen molar-refractivity contribution in [2.45, 2.75) is 19.9 Å². The van der Waals surface area contributed by atoms with Gasteiger partial charge in [-0.05, 0) is 26.0 Å². The van der Waals surface area contributed by atoms with Crippen molar-refractivity contribution in [2.24, 2.45) is 0 Å². The molecule has 0 saturated heterocycles. The first-order valence-corrected chi connectivity index (χ1v) is 6.24. The second kappa shape index (κ2) is 6.69. The van der Waals surface area contributed by atoms with Crippen LogP contribution in [0.4, 0.5) is 5.69 Å². The fraction of sp³-hybridized carbons (Fsp3) is 0.385. The number of hydrogen-bond donors (Lipinski definition) is 2. The van der Waals surface area contributed by atoms with Crippen LogP contribution < -0.4 is 5.32 Å². The van der Waals surface area contributed by atoms with Crippen molar-refractivity contribution in [3.63, 3.8) is 0 Å². The van der Waals surface area contributed by atoms with Gasteiger partial charge in [0.1, 0.15) is 11.3 Å². The molecule has 2 N–H and O–H groups in total. The Kier molecular flexibility index (Phi) is 5.23. The van der Waals surface area contributed by atoms with Crippen molar-refractivity contribution >= 4 is 17.5 Å². The number of amides is 2. The van der Waals surface area contributed by atoms with Crippen LogP contribution in [-0.2, 0) is 4.79 Å². The molecule has 0 aliphatic heterocycles. The number of benzene rings is 1. The maximum Gasteiger partial charge on any atom is 0.282 e. The van der Waals surface area contributed by atoms with Crippen molar-refractivity contribution in [3.05, 3.63) is 33.9 Å². The van der Waals surface area contributed by atoms with Crippen LogP contribution in [0.1, 0.15) is 24.2 Å². The highest BCUT2D eigenvalue weighted by Gasteiger charge is 2.24. The number of nitro groups is 1. The van der Waals surface area contributed by atoms with E-state index < -0.39 is 16.5 Å². The Morgan fingerprint density at radius 3 is 2.57 bits per heavy atom. The predicted octanol–water partition coefficient (Wildman–Crippen LogP) is 0.897. The van der Waals surface area contributed by atoms with E-state index in [1.165, 1.54) is 7.05 Å². The maximum absolute atomic E-state index is 12.2. The van der Waals surface area contributed by atoms with Crippen LogP contribution >= 0.6 is 0 Å². The molecule has 8 nitrogen and oxygen atoms in total. The van der Waals surface area contributed by atoms with E-state index in [-0.39, 0.29) is 29.8 Å². The Morgan fingerprint density at radius 1 is 1.43 bits per heavy atom. The van der Waals surface area contributed by atoms with Gasteiger partial charge in [0.05, 0.1) is 11.5 Å². The SMILES string of the molecule is CC(C)NC(=O)CN(C)C(=O)c1cc(O)ccc1[N+](=O)[O-]. The number of phenolic OH excluding ortho intramolecular Hbond substituents is 1. The highest BCUT2D eigenvalue weighted by molar-refractivity contribution is 6.00. The molecule has 0 bridgehead atoms. The zero-order chi connectivity index (χ0) is 16.2. The molecule has 0 atom stereocenters. The molecule has 2 amide bonds. The third kappa shape index (κ3) is 4.44. The van der Waals surface area contributed by atoms with Gasteiger partial charge >= 0.3 is 0 Å². The maximum atomic E-state index is 12.2. The largest absolute Gasteiger partial charge is 0.508 e. The summed E-state index contributed by atoms with van der Waals surface area (Å²) in [7, 11) is 1.36. The fourth-order valence-corrected chi connectivity index (χ4v) is 1.71. The summed E-state index contributed by atoms with van der Waals surface area (Å²) in [5, 5.41) is 22.9. The van der Waals surface area contributed by atoms with Gasteiger partial charge in [0, 0.05) is 19.2 Å². The number of nitro benzene ring substituents is 1. The molecule has 8 heteroatoms. The minimum Gasteiger partial charge on any atom is -0.508 e. The number of hydrogen-bond acceptors (Lipinski definition) is 5. The molecule has 0 aromatic heterocycles. The molecule has 0 fully saturated rings. The molecular weight excluding hydrogens is 278 g/mol. The average molecular weight is 295 g/mol. The van der Waals surface area contributed by atoms with Crippen LogP contribution in [0, 0.1) is 10.1 Å². The second-order valence-corrected chi connectivity index (χ2v) is 4.84. The van der Waals surface area contributed by atoms with E-state index >= 15 is 0 Å². The summed E-state index contributed by atoms with van der Waals surface area (Å²) in [6.07, 6.45) is 0. The van der Waals surface area contributed by atoms with Crippen LogP contribution in [0.3, 0.4) is 0 Å². The summed E-state index contributed by atoms with van der Waals surface area (Å²) in [5.41, 5.74) is -0.686. The topological polar surface area (TPSA) is 113 Å². The lowest BCUT2D eigenvalue weighted by atomic mass is 10.1. The number of phenols is 1. The Hall–Kier alpha value is -2.64. The van der Waals surface area contributed by atoms with Gasteiger partial charge in [-0.15, -0.1) is 0 Å². The number of aromatic hydroxyl groups is 1. The van der Waals surface area contributed by atoms with Crippen LogP contribution in [0.2, 0.25) is 0 Å². The van der Waals surface area contributed by atoms with E-state index in [1.807, 2.05) is 0 Å². The van der Waals surface area contributed by atoms with Gasteiger partial charge in [-0.3, -0.25) is 19.7 Å². The van der Waals surface area contributed by atoms with E-state index in [9.17, 15) is 24.8 Å². The van der Waals surface area contributed by atoms with Crippen molar-refractivity contribution in [3.8, 4) is 5.75 Å². The van der Waals surface area contributed by atoms with Gasteiger partial charge in [-0.25, -0.2) is 0 Å². The zero-order valence-electron chi connectivity index (χ0n) is 12.0. The number of nitrogens with one attached hydrogen (secondary N) is 1. The summed E-state index contributed by atoms with van der Waals surface area (Å²) in [5.74, 6) is -1.34. The first-order chi connectivity index (χ1) is 9.72. The van der Waals surface area contributed by atoms with E-state index in [0.29, 0.717) is 0 Å². The lowest BCUT2D eigenvalue weighted by molar-refractivity contribution is -0.385. The quantitative estimate of drug-likeness (QED) is 0.619.